The minimum absolute atomic E-state index is 0.0239. The van der Waals surface area contributed by atoms with Crippen molar-refractivity contribution in [3.8, 4) is 0 Å². The summed E-state index contributed by atoms with van der Waals surface area (Å²) in [5, 5.41) is 4.01. The molecule has 0 saturated heterocycles. The number of anilines is 1. The van der Waals surface area contributed by atoms with E-state index in [1.807, 2.05) is 4.57 Å². The number of fused-ring (bicyclic) bond motifs is 1. The molecule has 1 aliphatic rings. The first kappa shape index (κ1) is 17.7. The Bertz CT molecular complexity index is 606. The summed E-state index contributed by atoms with van der Waals surface area (Å²) in [5.41, 5.74) is 3.63. The van der Waals surface area contributed by atoms with E-state index in [4.69, 9.17) is 4.84 Å². The zero-order valence-electron chi connectivity index (χ0n) is 15.0. The van der Waals surface area contributed by atoms with E-state index in [0.29, 0.717) is 5.71 Å². The van der Waals surface area contributed by atoms with E-state index >= 15 is 0 Å². The fourth-order valence-corrected chi connectivity index (χ4v) is 4.69. The topological polar surface area (TPSA) is 41.9 Å². The SMILES string of the molecule is CCCCCCc1ccc2c(c1)/C(=N/OC)C(=O)N2[Si](C)(C)C. The second kappa shape index (κ2) is 7.30. The van der Waals surface area contributed by atoms with Crippen molar-refractivity contribution in [3.05, 3.63) is 29.3 Å². The minimum Gasteiger partial charge on any atom is -0.398 e. The number of aryl methyl sites for hydroxylation is 1. The monoisotopic (exact) mass is 332 g/mol. The number of benzene rings is 1. The molecule has 0 saturated carbocycles. The Balaban J connectivity index is 2.32. The molecule has 0 fully saturated rings. The number of oxime groups is 1. The summed E-state index contributed by atoms with van der Waals surface area (Å²) in [6.45, 7) is 8.73. The molecule has 1 aromatic rings. The Labute approximate surface area is 140 Å². The van der Waals surface area contributed by atoms with E-state index in [1.165, 1.54) is 38.4 Å². The van der Waals surface area contributed by atoms with Crippen molar-refractivity contribution in [2.75, 3.05) is 11.7 Å². The number of amides is 1. The van der Waals surface area contributed by atoms with Crippen LogP contribution in [0.4, 0.5) is 5.69 Å². The highest BCUT2D eigenvalue weighted by molar-refractivity contribution is 6.87. The van der Waals surface area contributed by atoms with Crippen LogP contribution >= 0.6 is 0 Å². The van der Waals surface area contributed by atoms with Gasteiger partial charge in [0.2, 0.25) is 0 Å². The highest BCUT2D eigenvalue weighted by Gasteiger charge is 2.41. The summed E-state index contributed by atoms with van der Waals surface area (Å²) in [6, 6.07) is 6.36. The van der Waals surface area contributed by atoms with Crippen LogP contribution in [0.2, 0.25) is 19.6 Å². The lowest BCUT2D eigenvalue weighted by molar-refractivity contribution is -0.111. The van der Waals surface area contributed by atoms with Crippen molar-refractivity contribution >= 4 is 25.5 Å². The van der Waals surface area contributed by atoms with Gasteiger partial charge < -0.3 is 9.40 Å². The number of rotatable bonds is 7. The maximum atomic E-state index is 12.8. The first-order chi connectivity index (χ1) is 10.9. The largest absolute Gasteiger partial charge is 0.398 e. The van der Waals surface area contributed by atoms with Crippen LogP contribution in [0.25, 0.3) is 0 Å². The van der Waals surface area contributed by atoms with Crippen LogP contribution in [0.15, 0.2) is 23.4 Å². The predicted molar refractivity (Wildman–Crippen MR) is 98.7 cm³/mol. The van der Waals surface area contributed by atoms with Crippen LogP contribution in [0, 0.1) is 0 Å². The van der Waals surface area contributed by atoms with Gasteiger partial charge in [0.15, 0.2) is 13.9 Å². The highest BCUT2D eigenvalue weighted by atomic mass is 28.3. The average Bonchev–Trinajstić information content (AvgIpc) is 2.76. The van der Waals surface area contributed by atoms with Crippen LogP contribution in [0.1, 0.15) is 43.7 Å². The first-order valence-electron chi connectivity index (χ1n) is 8.49. The lowest BCUT2D eigenvalue weighted by atomic mass is 10.0. The highest BCUT2D eigenvalue weighted by Crippen LogP contribution is 2.34. The van der Waals surface area contributed by atoms with Gasteiger partial charge in [0.25, 0.3) is 5.91 Å². The number of hydrogen-bond donors (Lipinski definition) is 0. The summed E-state index contributed by atoms with van der Waals surface area (Å²) in [5.74, 6) is -0.0239. The molecule has 0 radical (unpaired) electrons. The fourth-order valence-electron chi connectivity index (χ4n) is 3.06. The molecule has 0 aromatic heterocycles. The lowest BCUT2D eigenvalue weighted by Gasteiger charge is -2.30. The molecule has 23 heavy (non-hydrogen) atoms. The maximum Gasteiger partial charge on any atom is 0.273 e. The molecule has 1 amide bonds. The van der Waals surface area contributed by atoms with E-state index in [2.05, 4.69) is 49.9 Å². The van der Waals surface area contributed by atoms with Crippen molar-refractivity contribution < 1.29 is 9.63 Å². The number of carbonyl (C=O) groups is 1. The molecule has 1 aromatic carbocycles. The van der Waals surface area contributed by atoms with Gasteiger partial charge in [-0.2, -0.15) is 0 Å². The number of hydrogen-bond acceptors (Lipinski definition) is 3. The van der Waals surface area contributed by atoms with E-state index in [0.717, 1.165) is 17.7 Å². The molecular formula is C18H28N2O2Si. The summed E-state index contributed by atoms with van der Waals surface area (Å²) < 4.78 is 1.95. The molecule has 2 rings (SSSR count). The van der Waals surface area contributed by atoms with Crippen molar-refractivity contribution in [3.63, 3.8) is 0 Å². The van der Waals surface area contributed by atoms with Crippen LogP contribution in [-0.2, 0) is 16.1 Å². The second-order valence-corrected chi connectivity index (χ2v) is 11.9. The maximum absolute atomic E-state index is 12.8. The zero-order chi connectivity index (χ0) is 17.0. The normalized spacial score (nSPS) is 16.1. The molecule has 0 atom stereocenters. The van der Waals surface area contributed by atoms with Crippen molar-refractivity contribution in [2.24, 2.45) is 5.16 Å². The Morgan fingerprint density at radius 1 is 1.17 bits per heavy atom. The summed E-state index contributed by atoms with van der Waals surface area (Å²) in [7, 11) is -0.324. The number of nitrogens with zero attached hydrogens (tertiary/aromatic N) is 2. The molecule has 0 N–H and O–H groups in total. The molecule has 1 aliphatic heterocycles. The Morgan fingerprint density at radius 2 is 1.91 bits per heavy atom. The predicted octanol–water partition coefficient (Wildman–Crippen LogP) is 4.34. The zero-order valence-corrected chi connectivity index (χ0v) is 16.0. The number of unbranched alkanes of at least 4 members (excludes halogenated alkanes) is 3. The third kappa shape index (κ3) is 3.83. The lowest BCUT2D eigenvalue weighted by Crippen LogP contribution is -2.49. The van der Waals surface area contributed by atoms with Crippen molar-refractivity contribution in [1.29, 1.82) is 0 Å². The second-order valence-electron chi connectivity index (χ2n) is 7.10. The Morgan fingerprint density at radius 3 is 2.52 bits per heavy atom. The van der Waals surface area contributed by atoms with E-state index in [-0.39, 0.29) is 5.91 Å². The van der Waals surface area contributed by atoms with Gasteiger partial charge in [-0.3, -0.25) is 4.79 Å². The van der Waals surface area contributed by atoms with E-state index in [1.54, 1.807) is 0 Å². The van der Waals surface area contributed by atoms with Gasteiger partial charge in [0.05, 0.1) is 0 Å². The van der Waals surface area contributed by atoms with Gasteiger partial charge in [0, 0.05) is 11.3 Å². The molecule has 0 spiro atoms. The van der Waals surface area contributed by atoms with Crippen LogP contribution in [0.5, 0.6) is 0 Å². The summed E-state index contributed by atoms with van der Waals surface area (Å²) in [4.78, 5) is 17.7. The van der Waals surface area contributed by atoms with Crippen molar-refractivity contribution in [2.45, 2.75) is 58.7 Å². The smallest absolute Gasteiger partial charge is 0.273 e. The molecule has 126 valence electrons. The van der Waals surface area contributed by atoms with Crippen LogP contribution in [-0.4, -0.2) is 27.0 Å². The van der Waals surface area contributed by atoms with Gasteiger partial charge in [-0.1, -0.05) is 57.0 Å². The molecule has 0 bridgehead atoms. The molecule has 0 unspecified atom stereocenters. The third-order valence-electron chi connectivity index (χ3n) is 4.14. The molecular weight excluding hydrogens is 304 g/mol. The van der Waals surface area contributed by atoms with Crippen molar-refractivity contribution in [1.82, 2.24) is 0 Å². The molecule has 4 nitrogen and oxygen atoms in total. The molecule has 0 aliphatic carbocycles. The van der Waals surface area contributed by atoms with Crippen LogP contribution in [0.3, 0.4) is 0 Å². The Hall–Kier alpha value is -1.62. The Kier molecular flexibility index (Phi) is 5.63. The fraction of sp³-hybridized carbons (Fsp3) is 0.556. The average molecular weight is 333 g/mol. The molecule has 5 heteroatoms. The van der Waals surface area contributed by atoms with E-state index < -0.39 is 8.24 Å². The standard InChI is InChI=1S/C18H28N2O2Si/c1-6-7-8-9-10-14-11-12-16-15(13-14)17(19-22-2)18(21)20(16)23(3,4)5/h11-13H,6-10H2,1-5H3/b19-17-. The van der Waals surface area contributed by atoms with Crippen LogP contribution < -0.4 is 4.57 Å². The summed E-state index contributed by atoms with van der Waals surface area (Å²) >= 11 is 0. The van der Waals surface area contributed by atoms with Gasteiger partial charge in [0.1, 0.15) is 7.11 Å². The summed E-state index contributed by atoms with van der Waals surface area (Å²) in [6.07, 6.45) is 6.02. The van der Waals surface area contributed by atoms with Gasteiger partial charge in [-0.15, -0.1) is 0 Å². The minimum atomic E-state index is -1.82. The van der Waals surface area contributed by atoms with Gasteiger partial charge >= 0.3 is 0 Å². The molecule has 1 heterocycles. The van der Waals surface area contributed by atoms with E-state index in [9.17, 15) is 4.79 Å². The van der Waals surface area contributed by atoms with Gasteiger partial charge in [-0.25, -0.2) is 0 Å². The number of carbonyl (C=O) groups excluding carboxylic acids is 1. The van der Waals surface area contributed by atoms with Gasteiger partial charge in [-0.05, 0) is 30.5 Å². The first-order valence-corrected chi connectivity index (χ1v) is 11.9. The quantitative estimate of drug-likeness (QED) is 0.423. The third-order valence-corrected chi connectivity index (χ3v) is 5.92.